The van der Waals surface area contributed by atoms with Crippen LogP contribution in [0.25, 0.3) is 33.7 Å². The van der Waals surface area contributed by atoms with Gasteiger partial charge in [0.05, 0.1) is 38.0 Å². The van der Waals surface area contributed by atoms with Gasteiger partial charge in [-0.15, -0.1) is 0 Å². The second-order valence-corrected chi connectivity index (χ2v) is 6.76. The highest BCUT2D eigenvalue weighted by molar-refractivity contribution is 5.85. The number of rotatable bonds is 9. The Hall–Kier alpha value is -3.81. The molecule has 0 aliphatic carbocycles. The lowest BCUT2D eigenvalue weighted by atomic mass is 10.1. The van der Waals surface area contributed by atoms with Gasteiger partial charge in [-0.2, -0.15) is 4.98 Å². The summed E-state index contributed by atoms with van der Waals surface area (Å²) in [6.07, 6.45) is 0. The van der Waals surface area contributed by atoms with E-state index < -0.39 is 0 Å². The number of benzene rings is 2. The minimum Gasteiger partial charge on any atom is -0.490 e. The van der Waals surface area contributed by atoms with Crippen molar-refractivity contribution in [2.75, 3.05) is 26.9 Å². The lowest BCUT2D eigenvalue weighted by Crippen LogP contribution is -2.03. The van der Waals surface area contributed by atoms with Gasteiger partial charge < -0.3 is 23.5 Å². The van der Waals surface area contributed by atoms with Gasteiger partial charge >= 0.3 is 0 Å². The molecule has 0 aliphatic rings. The Morgan fingerprint density at radius 3 is 2.19 bits per heavy atom. The fourth-order valence-electron chi connectivity index (χ4n) is 3.38. The second kappa shape index (κ2) is 9.55. The summed E-state index contributed by atoms with van der Waals surface area (Å²) in [4.78, 5) is 9.16. The van der Waals surface area contributed by atoms with Crippen LogP contribution in [0.2, 0.25) is 0 Å². The lowest BCUT2D eigenvalue weighted by molar-refractivity contribution is 0.261. The molecule has 0 fully saturated rings. The molecule has 32 heavy (non-hydrogen) atoms. The first-order valence-corrected chi connectivity index (χ1v) is 10.5. The van der Waals surface area contributed by atoms with E-state index in [0.29, 0.717) is 65.8 Å². The normalized spacial score (nSPS) is 10.9. The lowest BCUT2D eigenvalue weighted by Gasteiger charge is -2.16. The molecule has 0 saturated heterocycles. The zero-order chi connectivity index (χ0) is 22.5. The van der Waals surface area contributed by atoms with Gasteiger partial charge in [-0.05, 0) is 45.0 Å². The van der Waals surface area contributed by atoms with Crippen LogP contribution in [0.3, 0.4) is 0 Å². The Balaban J connectivity index is 1.79. The standard InChI is InChI=1S/C24H25N3O5/c1-5-29-19-13-16(14-20(30-6-2)21(19)31-7-3)23-26-22(27-32-23)17-12-15-10-8-9-11-18(15)25-24(17)28-4/h8-14H,5-7H2,1-4H3. The molecular weight excluding hydrogens is 410 g/mol. The average Bonchev–Trinajstić information content (AvgIpc) is 3.30. The number of pyridine rings is 1. The molecule has 166 valence electrons. The summed E-state index contributed by atoms with van der Waals surface area (Å²) in [5, 5.41) is 5.12. The van der Waals surface area contributed by atoms with E-state index in [2.05, 4.69) is 15.1 Å². The minimum absolute atomic E-state index is 0.320. The number of ether oxygens (including phenoxy) is 4. The van der Waals surface area contributed by atoms with Gasteiger partial charge in [-0.1, -0.05) is 23.4 Å². The van der Waals surface area contributed by atoms with E-state index >= 15 is 0 Å². The zero-order valence-electron chi connectivity index (χ0n) is 18.5. The molecule has 4 aromatic rings. The van der Waals surface area contributed by atoms with E-state index in [1.54, 1.807) is 7.11 Å². The summed E-state index contributed by atoms with van der Waals surface area (Å²) in [6, 6.07) is 13.3. The van der Waals surface area contributed by atoms with E-state index in [4.69, 9.17) is 23.5 Å². The van der Waals surface area contributed by atoms with Crippen molar-refractivity contribution in [1.29, 1.82) is 0 Å². The predicted molar refractivity (Wildman–Crippen MR) is 121 cm³/mol. The molecule has 2 heterocycles. The molecule has 0 N–H and O–H groups in total. The number of para-hydroxylation sites is 1. The van der Waals surface area contributed by atoms with Gasteiger partial charge in [0.15, 0.2) is 11.5 Å². The van der Waals surface area contributed by atoms with Gasteiger partial charge in [-0.25, -0.2) is 4.98 Å². The molecule has 4 rings (SSSR count). The Morgan fingerprint density at radius 1 is 0.844 bits per heavy atom. The van der Waals surface area contributed by atoms with Gasteiger partial charge in [0.1, 0.15) is 0 Å². The number of methoxy groups -OCH3 is 1. The summed E-state index contributed by atoms with van der Waals surface area (Å²) in [5.74, 6) is 2.79. The van der Waals surface area contributed by atoms with Gasteiger partial charge in [0, 0.05) is 10.9 Å². The smallest absolute Gasteiger partial charge is 0.258 e. The first-order chi connectivity index (χ1) is 15.7. The van der Waals surface area contributed by atoms with E-state index in [1.807, 2.05) is 63.2 Å². The molecule has 0 saturated carbocycles. The molecule has 0 atom stereocenters. The van der Waals surface area contributed by atoms with E-state index in [0.717, 1.165) is 10.9 Å². The highest BCUT2D eigenvalue weighted by Crippen LogP contribution is 2.42. The largest absolute Gasteiger partial charge is 0.490 e. The fraction of sp³-hybridized carbons (Fsp3) is 0.292. The predicted octanol–water partition coefficient (Wildman–Crippen LogP) is 5.16. The van der Waals surface area contributed by atoms with Crippen LogP contribution in [-0.2, 0) is 0 Å². The Kier molecular flexibility index (Phi) is 6.39. The number of nitrogens with zero attached hydrogens (tertiary/aromatic N) is 3. The van der Waals surface area contributed by atoms with Crippen molar-refractivity contribution in [1.82, 2.24) is 15.1 Å². The maximum absolute atomic E-state index is 5.79. The monoisotopic (exact) mass is 435 g/mol. The van der Waals surface area contributed by atoms with Gasteiger partial charge in [0.25, 0.3) is 5.89 Å². The highest BCUT2D eigenvalue weighted by atomic mass is 16.5. The molecule has 2 aromatic heterocycles. The van der Waals surface area contributed by atoms with Gasteiger partial charge in [-0.3, -0.25) is 0 Å². The van der Waals surface area contributed by atoms with Crippen LogP contribution in [0.4, 0.5) is 0 Å². The Morgan fingerprint density at radius 2 is 1.53 bits per heavy atom. The van der Waals surface area contributed by atoms with E-state index in [1.165, 1.54) is 0 Å². The number of hydrogen-bond donors (Lipinski definition) is 0. The molecule has 8 heteroatoms. The molecule has 0 spiro atoms. The van der Waals surface area contributed by atoms with Crippen LogP contribution in [-0.4, -0.2) is 42.1 Å². The van der Waals surface area contributed by atoms with Crippen LogP contribution in [0.5, 0.6) is 23.1 Å². The zero-order valence-corrected chi connectivity index (χ0v) is 18.5. The minimum atomic E-state index is 0.320. The van der Waals surface area contributed by atoms with Crippen LogP contribution in [0.15, 0.2) is 47.0 Å². The summed E-state index contributed by atoms with van der Waals surface area (Å²) in [5.41, 5.74) is 2.13. The van der Waals surface area contributed by atoms with Crippen molar-refractivity contribution in [2.24, 2.45) is 0 Å². The van der Waals surface area contributed by atoms with Crippen molar-refractivity contribution in [3.8, 4) is 46.0 Å². The molecule has 0 radical (unpaired) electrons. The number of hydrogen-bond acceptors (Lipinski definition) is 8. The number of fused-ring (bicyclic) bond motifs is 1. The highest BCUT2D eigenvalue weighted by Gasteiger charge is 2.21. The molecule has 0 unspecified atom stereocenters. The summed E-state index contributed by atoms with van der Waals surface area (Å²) >= 11 is 0. The first-order valence-electron chi connectivity index (χ1n) is 10.5. The summed E-state index contributed by atoms with van der Waals surface area (Å²) in [6.45, 7) is 7.17. The second-order valence-electron chi connectivity index (χ2n) is 6.76. The fourth-order valence-corrected chi connectivity index (χ4v) is 3.38. The van der Waals surface area contributed by atoms with Crippen molar-refractivity contribution in [2.45, 2.75) is 20.8 Å². The van der Waals surface area contributed by atoms with Crippen molar-refractivity contribution < 1.29 is 23.5 Å². The van der Waals surface area contributed by atoms with Crippen LogP contribution in [0.1, 0.15) is 20.8 Å². The molecule has 0 aliphatic heterocycles. The van der Waals surface area contributed by atoms with Crippen molar-refractivity contribution in [3.05, 3.63) is 42.5 Å². The third-order valence-corrected chi connectivity index (χ3v) is 4.71. The number of aromatic nitrogens is 3. The third kappa shape index (κ3) is 4.16. The topological polar surface area (TPSA) is 88.7 Å². The third-order valence-electron chi connectivity index (χ3n) is 4.71. The molecule has 0 amide bonds. The first kappa shape index (κ1) is 21.4. The van der Waals surface area contributed by atoms with Crippen LogP contribution >= 0.6 is 0 Å². The Labute approximate surface area is 186 Å². The molecular formula is C24H25N3O5. The quantitative estimate of drug-likeness (QED) is 0.356. The summed E-state index contributed by atoms with van der Waals surface area (Å²) in [7, 11) is 1.57. The van der Waals surface area contributed by atoms with E-state index in [9.17, 15) is 0 Å². The average molecular weight is 435 g/mol. The van der Waals surface area contributed by atoms with E-state index in [-0.39, 0.29) is 0 Å². The van der Waals surface area contributed by atoms with Crippen LogP contribution in [0, 0.1) is 0 Å². The molecule has 2 aromatic carbocycles. The summed E-state index contributed by atoms with van der Waals surface area (Å²) < 4.78 is 28.4. The Bertz CT molecular complexity index is 1190. The maximum Gasteiger partial charge on any atom is 0.258 e. The SMILES string of the molecule is CCOc1cc(-c2nc(-c3cc4ccccc4nc3OC)no2)cc(OCC)c1OCC. The van der Waals surface area contributed by atoms with Crippen molar-refractivity contribution in [3.63, 3.8) is 0 Å². The van der Waals surface area contributed by atoms with Crippen LogP contribution < -0.4 is 18.9 Å². The van der Waals surface area contributed by atoms with Crippen molar-refractivity contribution >= 4 is 10.9 Å². The van der Waals surface area contributed by atoms with Gasteiger partial charge in [0.2, 0.25) is 17.5 Å². The molecule has 0 bridgehead atoms. The maximum atomic E-state index is 5.79. The molecule has 8 nitrogen and oxygen atoms in total.